The Balaban J connectivity index is 1.25. The molecule has 4 nitrogen and oxygen atoms in total. The fraction of sp³-hybridized carbons (Fsp3) is 0. The molecule has 0 atom stereocenters. The van der Waals surface area contributed by atoms with Crippen molar-refractivity contribution in [1.29, 1.82) is 0 Å². The molecular formula is C51H34N4. The molecule has 0 aliphatic carbocycles. The minimum atomic E-state index is 0.666. The van der Waals surface area contributed by atoms with Crippen LogP contribution in [-0.2, 0) is 0 Å². The van der Waals surface area contributed by atoms with E-state index in [0.29, 0.717) is 5.82 Å². The van der Waals surface area contributed by atoms with Crippen molar-refractivity contribution < 1.29 is 0 Å². The maximum atomic E-state index is 5.53. The fourth-order valence-electron chi connectivity index (χ4n) is 7.63. The van der Waals surface area contributed by atoms with Crippen LogP contribution in [0, 0.1) is 0 Å². The molecule has 10 rings (SSSR count). The summed E-state index contributed by atoms with van der Waals surface area (Å²) in [6.45, 7) is 0. The van der Waals surface area contributed by atoms with Gasteiger partial charge in [-0.2, -0.15) is 5.10 Å². The molecule has 0 spiro atoms. The van der Waals surface area contributed by atoms with Gasteiger partial charge in [-0.15, -0.1) is 0 Å². The Bertz CT molecular complexity index is 2950. The number of fused-ring (bicyclic) bond motifs is 3. The summed E-state index contributed by atoms with van der Waals surface area (Å²) in [6, 6.07) is 71.9. The summed E-state index contributed by atoms with van der Waals surface area (Å²) in [5, 5.41) is 8.93. The molecule has 258 valence electrons. The summed E-state index contributed by atoms with van der Waals surface area (Å²) in [5.74, 6) is 0.666. The van der Waals surface area contributed by atoms with Crippen molar-refractivity contribution in [3.8, 4) is 73.1 Å². The molecule has 0 bridgehead atoms. The highest BCUT2D eigenvalue weighted by Crippen LogP contribution is 2.44. The van der Waals surface area contributed by atoms with Crippen molar-refractivity contribution in [1.82, 2.24) is 19.7 Å². The summed E-state index contributed by atoms with van der Waals surface area (Å²) in [4.78, 5) is 10.5. The van der Waals surface area contributed by atoms with Crippen LogP contribution in [0.5, 0.6) is 0 Å². The van der Waals surface area contributed by atoms with Crippen LogP contribution in [0.1, 0.15) is 0 Å². The predicted molar refractivity (Wildman–Crippen MR) is 227 cm³/mol. The molecule has 2 aromatic heterocycles. The van der Waals surface area contributed by atoms with Crippen LogP contribution in [0.3, 0.4) is 0 Å². The second-order valence-corrected chi connectivity index (χ2v) is 13.7. The van der Waals surface area contributed by atoms with Gasteiger partial charge in [0.2, 0.25) is 0 Å². The van der Waals surface area contributed by atoms with Crippen LogP contribution in [0.25, 0.3) is 94.8 Å². The van der Waals surface area contributed by atoms with Gasteiger partial charge in [-0.05, 0) is 58.0 Å². The smallest absolute Gasteiger partial charge is 0.160 e. The normalized spacial score (nSPS) is 11.3. The predicted octanol–water partition coefficient (Wildman–Crippen LogP) is 13.0. The summed E-state index contributed by atoms with van der Waals surface area (Å²) in [5.41, 5.74) is 13.1. The van der Waals surface area contributed by atoms with Crippen molar-refractivity contribution in [2.24, 2.45) is 0 Å². The first-order valence-electron chi connectivity index (χ1n) is 18.5. The number of nitrogens with zero attached hydrogens (tertiary/aromatic N) is 4. The average molecular weight is 703 g/mol. The van der Waals surface area contributed by atoms with Gasteiger partial charge in [-0.3, -0.25) is 0 Å². The lowest BCUT2D eigenvalue weighted by Crippen LogP contribution is -1.98. The van der Waals surface area contributed by atoms with E-state index in [1.54, 1.807) is 0 Å². The zero-order valence-corrected chi connectivity index (χ0v) is 29.9. The van der Waals surface area contributed by atoms with Crippen LogP contribution in [0.4, 0.5) is 0 Å². The molecule has 10 aromatic rings. The van der Waals surface area contributed by atoms with Crippen LogP contribution in [-0.4, -0.2) is 19.7 Å². The zero-order valence-electron chi connectivity index (χ0n) is 29.9. The summed E-state index contributed by atoms with van der Waals surface area (Å²) in [6.07, 6.45) is 0. The highest BCUT2D eigenvalue weighted by atomic mass is 15.3. The highest BCUT2D eigenvalue weighted by molar-refractivity contribution is 6.18. The minimum absolute atomic E-state index is 0.666. The number of hydrogen-bond donors (Lipinski definition) is 0. The van der Waals surface area contributed by atoms with Gasteiger partial charge >= 0.3 is 0 Å². The van der Waals surface area contributed by atoms with E-state index in [1.807, 2.05) is 18.2 Å². The lowest BCUT2D eigenvalue weighted by atomic mass is 9.92. The maximum Gasteiger partial charge on any atom is 0.160 e. The monoisotopic (exact) mass is 702 g/mol. The van der Waals surface area contributed by atoms with Gasteiger partial charge < -0.3 is 0 Å². The molecule has 0 aliphatic heterocycles. The van der Waals surface area contributed by atoms with E-state index in [1.165, 1.54) is 0 Å². The molecule has 55 heavy (non-hydrogen) atoms. The Morgan fingerprint density at radius 3 is 1.67 bits per heavy atom. The Labute approximate surface area is 319 Å². The molecule has 0 aliphatic rings. The molecule has 4 heteroatoms. The van der Waals surface area contributed by atoms with E-state index < -0.39 is 0 Å². The standard InChI is InChI=1S/C51H34N4/c1-5-18-35(19-6-1)38-25-17-26-40(32-38)51-52-46(37-22-9-3-10-23-37)34-47(53-51)43-30-15-16-31-44(43)49-48-45(36-20-7-2-8-21-36)33-39-24-13-14-29-42(39)50(48)55(54-49)41-27-11-4-12-28-41/h1-34H. The van der Waals surface area contributed by atoms with E-state index in [9.17, 15) is 0 Å². The topological polar surface area (TPSA) is 43.6 Å². The quantitative estimate of drug-likeness (QED) is 0.166. The van der Waals surface area contributed by atoms with Gasteiger partial charge in [0.25, 0.3) is 0 Å². The Kier molecular flexibility index (Phi) is 8.12. The third kappa shape index (κ3) is 5.96. The molecule has 0 radical (unpaired) electrons. The molecule has 2 heterocycles. The minimum Gasteiger partial charge on any atom is -0.232 e. The van der Waals surface area contributed by atoms with E-state index in [2.05, 4.69) is 193 Å². The first-order valence-corrected chi connectivity index (χ1v) is 18.5. The zero-order chi connectivity index (χ0) is 36.6. The summed E-state index contributed by atoms with van der Waals surface area (Å²) in [7, 11) is 0. The summed E-state index contributed by atoms with van der Waals surface area (Å²) >= 11 is 0. The molecule has 8 aromatic carbocycles. The number of hydrogen-bond acceptors (Lipinski definition) is 3. The van der Waals surface area contributed by atoms with Gasteiger partial charge in [0, 0.05) is 33.0 Å². The van der Waals surface area contributed by atoms with Crippen molar-refractivity contribution in [2.75, 3.05) is 0 Å². The highest BCUT2D eigenvalue weighted by Gasteiger charge is 2.24. The molecule has 0 unspecified atom stereocenters. The van der Waals surface area contributed by atoms with Gasteiger partial charge in [-0.25, -0.2) is 14.6 Å². The van der Waals surface area contributed by atoms with Crippen LogP contribution in [0.15, 0.2) is 206 Å². The first kappa shape index (κ1) is 32.2. The van der Waals surface area contributed by atoms with E-state index in [0.717, 1.165) is 89.0 Å². The van der Waals surface area contributed by atoms with Crippen molar-refractivity contribution >= 4 is 21.7 Å². The maximum absolute atomic E-state index is 5.53. The summed E-state index contributed by atoms with van der Waals surface area (Å²) < 4.78 is 2.12. The van der Waals surface area contributed by atoms with Crippen molar-refractivity contribution in [2.45, 2.75) is 0 Å². The van der Waals surface area contributed by atoms with Gasteiger partial charge in [0.15, 0.2) is 5.82 Å². The Morgan fingerprint density at radius 2 is 0.927 bits per heavy atom. The lowest BCUT2D eigenvalue weighted by Gasteiger charge is -2.14. The average Bonchev–Trinajstić information content (AvgIpc) is 3.68. The van der Waals surface area contributed by atoms with Crippen LogP contribution >= 0.6 is 0 Å². The molecule has 0 saturated heterocycles. The number of aromatic nitrogens is 4. The Hall–Kier alpha value is -7.43. The van der Waals surface area contributed by atoms with Gasteiger partial charge in [0.1, 0.15) is 5.69 Å². The fourth-order valence-corrected chi connectivity index (χ4v) is 7.63. The second kappa shape index (κ2) is 13.8. The van der Waals surface area contributed by atoms with Crippen LogP contribution in [0.2, 0.25) is 0 Å². The van der Waals surface area contributed by atoms with E-state index >= 15 is 0 Å². The SMILES string of the molecule is c1ccc(-c2cccc(-c3nc(-c4ccccc4)cc(-c4ccccc4-c4nn(-c5ccccc5)c5c4c(-c4ccccc4)cc4ccccc45)n3)c2)cc1. The Morgan fingerprint density at radius 1 is 0.364 bits per heavy atom. The second-order valence-electron chi connectivity index (χ2n) is 13.7. The third-order valence-electron chi connectivity index (χ3n) is 10.2. The van der Waals surface area contributed by atoms with Crippen molar-refractivity contribution in [3.05, 3.63) is 206 Å². The first-order chi connectivity index (χ1) is 27.3. The number of benzene rings is 8. The van der Waals surface area contributed by atoms with Gasteiger partial charge in [-0.1, -0.05) is 176 Å². The number of para-hydroxylation sites is 1. The third-order valence-corrected chi connectivity index (χ3v) is 10.2. The molecule has 0 saturated carbocycles. The largest absolute Gasteiger partial charge is 0.232 e. The molecule has 0 amide bonds. The van der Waals surface area contributed by atoms with Gasteiger partial charge in [0.05, 0.1) is 22.6 Å². The number of rotatable bonds is 7. The van der Waals surface area contributed by atoms with E-state index in [4.69, 9.17) is 15.1 Å². The lowest BCUT2D eigenvalue weighted by molar-refractivity contribution is 0.918. The van der Waals surface area contributed by atoms with Crippen LogP contribution < -0.4 is 0 Å². The molecule has 0 N–H and O–H groups in total. The molecular weight excluding hydrogens is 669 g/mol. The van der Waals surface area contributed by atoms with Crippen molar-refractivity contribution in [3.63, 3.8) is 0 Å². The van der Waals surface area contributed by atoms with E-state index in [-0.39, 0.29) is 0 Å². The molecule has 0 fully saturated rings.